The van der Waals surface area contributed by atoms with E-state index in [1.54, 1.807) is 0 Å². The van der Waals surface area contributed by atoms with Crippen LogP contribution in [0.4, 0.5) is 23.7 Å². The fourth-order valence-corrected chi connectivity index (χ4v) is 3.62. The summed E-state index contributed by atoms with van der Waals surface area (Å²) in [7, 11) is 0. The molecule has 2 heterocycles. The first-order chi connectivity index (χ1) is 14.4. The molecule has 4 atom stereocenters. The van der Waals surface area contributed by atoms with Crippen LogP contribution in [0.1, 0.15) is 11.1 Å². The molecule has 6 nitrogen and oxygen atoms in total. The number of benzene rings is 2. The van der Waals surface area contributed by atoms with Crippen molar-refractivity contribution in [3.8, 4) is 0 Å². The number of rotatable bonds is 5. The molecule has 0 unspecified atom stereocenters. The molecule has 4 rings (SSSR count). The highest BCUT2D eigenvalue weighted by Gasteiger charge is 2.48. The average molecular weight is 422 g/mol. The quantitative estimate of drug-likeness (QED) is 0.773. The SMILES string of the molecule is O=C(Nc1cccc(C(F)(F)F)c1)N[C@H]1CO[C@H]2[C@H]1OC[C@@H]2OCc1ccccc1. The number of fused-ring (bicyclic) bond motifs is 1. The summed E-state index contributed by atoms with van der Waals surface area (Å²) < 4.78 is 55.9. The molecule has 2 N–H and O–H groups in total. The van der Waals surface area contributed by atoms with Gasteiger partial charge in [0.2, 0.25) is 0 Å². The van der Waals surface area contributed by atoms with Crippen LogP contribution >= 0.6 is 0 Å². The molecule has 2 aromatic rings. The Labute approximate surface area is 171 Å². The highest BCUT2D eigenvalue weighted by atomic mass is 19.4. The van der Waals surface area contributed by atoms with E-state index in [9.17, 15) is 18.0 Å². The predicted molar refractivity (Wildman–Crippen MR) is 102 cm³/mol. The van der Waals surface area contributed by atoms with E-state index in [0.29, 0.717) is 13.2 Å². The smallest absolute Gasteiger partial charge is 0.370 e. The second-order valence-corrected chi connectivity index (χ2v) is 7.21. The van der Waals surface area contributed by atoms with E-state index in [1.165, 1.54) is 12.1 Å². The fourth-order valence-electron chi connectivity index (χ4n) is 3.62. The van der Waals surface area contributed by atoms with Gasteiger partial charge in [0.25, 0.3) is 0 Å². The van der Waals surface area contributed by atoms with Gasteiger partial charge in [-0.05, 0) is 23.8 Å². The lowest BCUT2D eigenvalue weighted by Gasteiger charge is -2.18. The standard InChI is InChI=1S/C21H21F3N2O4/c22-21(23,24)14-7-4-8-15(9-14)25-20(27)26-16-11-29-19-17(12-30-18(16)19)28-10-13-5-2-1-3-6-13/h1-9,16-19H,10-12H2,(H2,25,26,27)/t16-,17-,18-,19+/m0/s1. The Morgan fingerprint density at radius 2 is 1.80 bits per heavy atom. The van der Waals surface area contributed by atoms with E-state index >= 15 is 0 Å². The summed E-state index contributed by atoms with van der Waals surface area (Å²) in [6.07, 6.45) is -5.42. The molecular formula is C21H21F3N2O4. The first-order valence-corrected chi connectivity index (χ1v) is 9.53. The Morgan fingerprint density at radius 1 is 1.03 bits per heavy atom. The minimum atomic E-state index is -4.48. The number of ether oxygens (including phenoxy) is 3. The van der Waals surface area contributed by atoms with E-state index in [-0.39, 0.29) is 30.6 Å². The molecule has 0 aromatic heterocycles. The number of anilines is 1. The molecule has 0 bridgehead atoms. The molecule has 9 heteroatoms. The Bertz CT molecular complexity index is 878. The van der Waals surface area contributed by atoms with Gasteiger partial charge in [0.05, 0.1) is 31.4 Å². The topological polar surface area (TPSA) is 68.8 Å². The van der Waals surface area contributed by atoms with Crippen LogP contribution < -0.4 is 10.6 Å². The van der Waals surface area contributed by atoms with Crippen LogP contribution in [0.2, 0.25) is 0 Å². The summed E-state index contributed by atoms with van der Waals surface area (Å²) in [6, 6.07) is 13.1. The number of halogens is 3. The minimum Gasteiger partial charge on any atom is -0.370 e. The Hall–Kier alpha value is -2.62. The van der Waals surface area contributed by atoms with Gasteiger partial charge < -0.3 is 24.8 Å². The molecule has 0 aliphatic carbocycles. The third-order valence-electron chi connectivity index (χ3n) is 5.08. The van der Waals surface area contributed by atoms with Gasteiger partial charge in [-0.25, -0.2) is 4.79 Å². The number of carbonyl (C=O) groups is 1. The van der Waals surface area contributed by atoms with Gasteiger partial charge in [-0.15, -0.1) is 0 Å². The molecule has 2 aliphatic rings. The second kappa shape index (κ2) is 8.63. The Kier molecular flexibility index (Phi) is 5.94. The lowest BCUT2D eigenvalue weighted by atomic mass is 10.1. The van der Waals surface area contributed by atoms with Crippen LogP contribution in [0.25, 0.3) is 0 Å². The highest BCUT2D eigenvalue weighted by molar-refractivity contribution is 5.89. The van der Waals surface area contributed by atoms with Gasteiger partial charge in [0.1, 0.15) is 18.3 Å². The van der Waals surface area contributed by atoms with Crippen molar-refractivity contribution in [3.05, 3.63) is 65.7 Å². The highest BCUT2D eigenvalue weighted by Crippen LogP contribution is 2.31. The zero-order chi connectivity index (χ0) is 21.1. The monoisotopic (exact) mass is 422 g/mol. The molecule has 0 radical (unpaired) electrons. The third kappa shape index (κ3) is 4.75. The van der Waals surface area contributed by atoms with Crippen LogP contribution in [0.3, 0.4) is 0 Å². The van der Waals surface area contributed by atoms with Gasteiger partial charge in [0, 0.05) is 5.69 Å². The molecule has 2 aliphatic heterocycles. The summed E-state index contributed by atoms with van der Waals surface area (Å²) in [6.45, 7) is 1.00. The Morgan fingerprint density at radius 3 is 2.57 bits per heavy atom. The van der Waals surface area contributed by atoms with E-state index in [1.807, 2.05) is 30.3 Å². The van der Waals surface area contributed by atoms with E-state index < -0.39 is 23.8 Å². The van der Waals surface area contributed by atoms with Crippen LogP contribution in [0.5, 0.6) is 0 Å². The minimum absolute atomic E-state index is 0.0502. The third-order valence-corrected chi connectivity index (χ3v) is 5.08. The molecule has 2 amide bonds. The van der Waals surface area contributed by atoms with E-state index in [4.69, 9.17) is 14.2 Å². The zero-order valence-electron chi connectivity index (χ0n) is 15.9. The Balaban J connectivity index is 1.30. The first-order valence-electron chi connectivity index (χ1n) is 9.53. The number of carbonyl (C=O) groups excluding carboxylic acids is 1. The predicted octanol–water partition coefficient (Wildman–Crippen LogP) is 3.58. The fraction of sp³-hybridized carbons (Fsp3) is 0.381. The summed E-state index contributed by atoms with van der Waals surface area (Å²) in [4.78, 5) is 12.3. The van der Waals surface area contributed by atoms with Crippen molar-refractivity contribution in [2.45, 2.75) is 37.1 Å². The van der Waals surface area contributed by atoms with Gasteiger partial charge in [0.15, 0.2) is 0 Å². The van der Waals surface area contributed by atoms with Gasteiger partial charge in [-0.3, -0.25) is 0 Å². The number of urea groups is 1. The lowest BCUT2D eigenvalue weighted by molar-refractivity contribution is -0.137. The normalized spacial score (nSPS) is 25.7. The number of hydrogen-bond acceptors (Lipinski definition) is 4. The molecule has 2 aromatic carbocycles. The van der Waals surface area contributed by atoms with Crippen molar-refractivity contribution < 1.29 is 32.2 Å². The van der Waals surface area contributed by atoms with E-state index in [2.05, 4.69) is 10.6 Å². The second-order valence-electron chi connectivity index (χ2n) is 7.21. The van der Waals surface area contributed by atoms with Crippen LogP contribution in [-0.4, -0.2) is 43.6 Å². The molecule has 160 valence electrons. The molecular weight excluding hydrogens is 401 g/mol. The molecule has 30 heavy (non-hydrogen) atoms. The van der Waals surface area contributed by atoms with E-state index in [0.717, 1.165) is 17.7 Å². The molecule has 2 fully saturated rings. The maximum atomic E-state index is 12.8. The average Bonchev–Trinajstić information content (AvgIpc) is 3.30. The summed E-state index contributed by atoms with van der Waals surface area (Å²) in [5.74, 6) is 0. The van der Waals surface area contributed by atoms with Crippen molar-refractivity contribution >= 4 is 11.7 Å². The maximum absolute atomic E-state index is 12.8. The molecule has 0 spiro atoms. The van der Waals surface area contributed by atoms with Crippen LogP contribution in [0.15, 0.2) is 54.6 Å². The summed E-state index contributed by atoms with van der Waals surface area (Å²) in [5, 5.41) is 5.14. The van der Waals surface area contributed by atoms with Crippen molar-refractivity contribution in [2.75, 3.05) is 18.5 Å². The van der Waals surface area contributed by atoms with Gasteiger partial charge >= 0.3 is 12.2 Å². The number of alkyl halides is 3. The summed E-state index contributed by atoms with van der Waals surface area (Å²) in [5.41, 5.74) is 0.255. The van der Waals surface area contributed by atoms with Crippen molar-refractivity contribution in [1.82, 2.24) is 5.32 Å². The number of amides is 2. The zero-order valence-corrected chi connectivity index (χ0v) is 15.9. The maximum Gasteiger partial charge on any atom is 0.416 e. The van der Waals surface area contributed by atoms with Crippen LogP contribution in [-0.2, 0) is 27.0 Å². The number of nitrogens with one attached hydrogen (secondary N) is 2. The number of hydrogen-bond donors (Lipinski definition) is 2. The van der Waals surface area contributed by atoms with Crippen molar-refractivity contribution in [1.29, 1.82) is 0 Å². The van der Waals surface area contributed by atoms with Crippen molar-refractivity contribution in [2.24, 2.45) is 0 Å². The first kappa shape index (κ1) is 20.6. The van der Waals surface area contributed by atoms with Gasteiger partial charge in [-0.2, -0.15) is 13.2 Å². The lowest BCUT2D eigenvalue weighted by Crippen LogP contribution is -2.46. The summed E-state index contributed by atoms with van der Waals surface area (Å²) >= 11 is 0. The molecule has 2 saturated heterocycles. The molecule has 0 saturated carbocycles. The largest absolute Gasteiger partial charge is 0.416 e. The van der Waals surface area contributed by atoms with Crippen LogP contribution in [0, 0.1) is 0 Å². The van der Waals surface area contributed by atoms with Crippen molar-refractivity contribution in [3.63, 3.8) is 0 Å². The van der Waals surface area contributed by atoms with Gasteiger partial charge in [-0.1, -0.05) is 36.4 Å².